The van der Waals surface area contributed by atoms with Crippen LogP contribution in [0.4, 0.5) is 11.5 Å². The molecule has 12 heteroatoms. The molecule has 1 saturated heterocycles. The highest BCUT2D eigenvalue weighted by Gasteiger charge is 2.34. The first-order valence-corrected chi connectivity index (χ1v) is 15.4. The van der Waals surface area contributed by atoms with Crippen molar-refractivity contribution in [3.05, 3.63) is 87.7 Å². The van der Waals surface area contributed by atoms with Gasteiger partial charge in [0, 0.05) is 48.5 Å². The van der Waals surface area contributed by atoms with E-state index in [2.05, 4.69) is 15.7 Å². The minimum absolute atomic E-state index is 0.133. The van der Waals surface area contributed by atoms with Crippen molar-refractivity contribution in [1.82, 2.24) is 19.5 Å². The highest BCUT2D eigenvalue weighted by Crippen LogP contribution is 2.36. The molecular weight excluding hydrogens is 550 g/mol. The molecule has 4 heterocycles. The van der Waals surface area contributed by atoms with Gasteiger partial charge in [-0.3, -0.25) is 9.52 Å². The smallest absolute Gasteiger partial charge is 0.256 e. The van der Waals surface area contributed by atoms with E-state index in [4.69, 9.17) is 27.4 Å². The van der Waals surface area contributed by atoms with Crippen molar-refractivity contribution < 1.29 is 13.2 Å². The highest BCUT2D eigenvalue weighted by molar-refractivity contribution is 7.92. The molecule has 10 nitrogen and oxygen atoms in total. The van der Waals surface area contributed by atoms with Crippen LogP contribution in [0.1, 0.15) is 45.2 Å². The third-order valence-corrected chi connectivity index (χ3v) is 8.33. The van der Waals surface area contributed by atoms with Crippen molar-refractivity contribution in [3.63, 3.8) is 0 Å². The Labute approximate surface area is 237 Å². The summed E-state index contributed by atoms with van der Waals surface area (Å²) in [5.41, 5.74) is 11.0. The largest absolute Gasteiger partial charge is 0.355 e. The molecule has 2 aliphatic heterocycles. The van der Waals surface area contributed by atoms with Crippen LogP contribution in [-0.4, -0.2) is 59.2 Å². The standard InChI is InChI=1S/C28H30ClN7O3S/c1-17-14-36-26(31-27(17)34-10-9-21(30)16-34)13-24(32-36)25-11-18-5-3-4-6-19(18)15-35(25)28(37)22-12-20(29)7-8-23(22)33-40(2,38)39/h3-8,12-14,21,25,33H,9-11,15-16,30H2,1-2H3. The van der Waals surface area contributed by atoms with Gasteiger partial charge in [0.15, 0.2) is 5.65 Å². The number of carbonyl (C=O) groups is 1. The molecule has 2 unspecified atom stereocenters. The number of hydrogen-bond donors (Lipinski definition) is 2. The topological polar surface area (TPSA) is 126 Å². The fourth-order valence-corrected chi connectivity index (χ4v) is 6.37. The number of nitrogens with zero attached hydrogens (tertiary/aromatic N) is 5. The summed E-state index contributed by atoms with van der Waals surface area (Å²) in [6.45, 7) is 3.96. The van der Waals surface area contributed by atoms with Crippen molar-refractivity contribution >= 4 is 44.7 Å². The Morgan fingerprint density at radius 1 is 1.15 bits per heavy atom. The molecule has 0 aliphatic carbocycles. The van der Waals surface area contributed by atoms with Gasteiger partial charge in [-0.1, -0.05) is 35.9 Å². The third-order valence-electron chi connectivity index (χ3n) is 7.51. The van der Waals surface area contributed by atoms with E-state index in [0.29, 0.717) is 29.3 Å². The fourth-order valence-electron chi connectivity index (χ4n) is 5.62. The number of hydrogen-bond acceptors (Lipinski definition) is 7. The number of benzene rings is 2. The van der Waals surface area contributed by atoms with Crippen molar-refractivity contribution in [2.75, 3.05) is 29.0 Å². The predicted octanol–water partition coefficient (Wildman–Crippen LogP) is 3.54. The second-order valence-electron chi connectivity index (χ2n) is 10.6. The summed E-state index contributed by atoms with van der Waals surface area (Å²) in [6, 6.07) is 14.2. The van der Waals surface area contributed by atoms with Gasteiger partial charge in [-0.05, 0) is 49.1 Å². The molecule has 2 aromatic heterocycles. The monoisotopic (exact) mass is 579 g/mol. The van der Waals surface area contributed by atoms with Gasteiger partial charge in [0.25, 0.3) is 5.91 Å². The molecule has 2 aromatic carbocycles. The van der Waals surface area contributed by atoms with Crippen LogP contribution < -0.4 is 15.4 Å². The van der Waals surface area contributed by atoms with E-state index in [1.807, 2.05) is 37.4 Å². The predicted molar refractivity (Wildman–Crippen MR) is 155 cm³/mol. The SMILES string of the molecule is Cc1cn2nc(C3Cc4ccccc4CN3C(=O)c3cc(Cl)ccc3NS(C)(=O)=O)cc2nc1N1CCC(N)C1. The molecule has 1 amide bonds. The fraction of sp³-hybridized carbons (Fsp3) is 0.321. The number of nitrogens with two attached hydrogens (primary N) is 1. The van der Waals surface area contributed by atoms with Gasteiger partial charge >= 0.3 is 0 Å². The molecule has 2 aliphatic rings. The van der Waals surface area contributed by atoms with Crippen LogP contribution >= 0.6 is 11.6 Å². The van der Waals surface area contributed by atoms with E-state index in [0.717, 1.165) is 48.3 Å². The lowest BCUT2D eigenvalue weighted by atomic mass is 9.91. The number of halogens is 1. The molecule has 1 fully saturated rings. The van der Waals surface area contributed by atoms with Crippen LogP contribution in [-0.2, 0) is 23.0 Å². The molecule has 4 aromatic rings. The number of carbonyl (C=O) groups excluding carboxylic acids is 1. The molecule has 40 heavy (non-hydrogen) atoms. The minimum Gasteiger partial charge on any atom is -0.355 e. The van der Waals surface area contributed by atoms with Gasteiger partial charge in [-0.15, -0.1) is 0 Å². The maximum atomic E-state index is 14.1. The number of anilines is 2. The molecule has 2 atom stereocenters. The van der Waals surface area contributed by atoms with Gasteiger partial charge in [0.2, 0.25) is 10.0 Å². The zero-order valence-electron chi connectivity index (χ0n) is 22.2. The Morgan fingerprint density at radius 2 is 1.93 bits per heavy atom. The number of rotatable bonds is 5. The maximum Gasteiger partial charge on any atom is 0.256 e. The number of amides is 1. The van der Waals surface area contributed by atoms with Crippen molar-refractivity contribution in [2.45, 2.75) is 38.4 Å². The summed E-state index contributed by atoms with van der Waals surface area (Å²) in [4.78, 5) is 23.0. The van der Waals surface area contributed by atoms with E-state index in [1.54, 1.807) is 15.5 Å². The molecule has 3 N–H and O–H groups in total. The van der Waals surface area contributed by atoms with E-state index in [9.17, 15) is 13.2 Å². The Kier molecular flexibility index (Phi) is 6.68. The third kappa shape index (κ3) is 5.12. The zero-order valence-corrected chi connectivity index (χ0v) is 23.8. The summed E-state index contributed by atoms with van der Waals surface area (Å²) >= 11 is 6.27. The molecule has 0 bridgehead atoms. The molecule has 0 radical (unpaired) electrons. The summed E-state index contributed by atoms with van der Waals surface area (Å²) in [6.07, 6.45) is 4.48. The van der Waals surface area contributed by atoms with Crippen LogP contribution in [0.2, 0.25) is 5.02 Å². The van der Waals surface area contributed by atoms with Gasteiger partial charge in [0.05, 0.1) is 29.2 Å². The first-order chi connectivity index (χ1) is 19.1. The Hall–Kier alpha value is -3.67. The van der Waals surface area contributed by atoms with Crippen LogP contribution in [0.5, 0.6) is 0 Å². The zero-order chi connectivity index (χ0) is 28.2. The van der Waals surface area contributed by atoms with Crippen LogP contribution in [0.15, 0.2) is 54.7 Å². The van der Waals surface area contributed by atoms with Gasteiger partial charge in [-0.25, -0.2) is 17.9 Å². The summed E-state index contributed by atoms with van der Waals surface area (Å²) in [5.74, 6) is 0.547. The molecule has 6 rings (SSSR count). The normalized spacial score (nSPS) is 19.2. The van der Waals surface area contributed by atoms with Gasteiger partial charge in [0.1, 0.15) is 5.82 Å². The summed E-state index contributed by atoms with van der Waals surface area (Å²) in [5, 5.41) is 5.19. The average molecular weight is 580 g/mol. The molecule has 0 saturated carbocycles. The first kappa shape index (κ1) is 26.5. The lowest BCUT2D eigenvalue weighted by Gasteiger charge is -2.36. The number of sulfonamides is 1. The number of aryl methyl sites for hydroxylation is 1. The van der Waals surface area contributed by atoms with Crippen molar-refractivity contribution in [1.29, 1.82) is 0 Å². The Bertz CT molecular complexity index is 1740. The molecule has 0 spiro atoms. The summed E-state index contributed by atoms with van der Waals surface area (Å²) < 4.78 is 28.3. The molecular formula is C28H30ClN7O3S. The number of aromatic nitrogens is 3. The van der Waals surface area contributed by atoms with E-state index >= 15 is 0 Å². The second kappa shape index (κ2) is 10.1. The Morgan fingerprint density at radius 3 is 2.65 bits per heavy atom. The first-order valence-electron chi connectivity index (χ1n) is 13.1. The van der Waals surface area contributed by atoms with E-state index < -0.39 is 16.1 Å². The second-order valence-corrected chi connectivity index (χ2v) is 12.8. The van der Waals surface area contributed by atoms with Crippen molar-refractivity contribution in [2.24, 2.45) is 5.73 Å². The minimum atomic E-state index is -3.63. The van der Waals surface area contributed by atoms with Gasteiger partial charge in [-0.2, -0.15) is 5.10 Å². The highest BCUT2D eigenvalue weighted by atomic mass is 35.5. The summed E-state index contributed by atoms with van der Waals surface area (Å²) in [7, 11) is -3.63. The number of fused-ring (bicyclic) bond motifs is 2. The lowest BCUT2D eigenvalue weighted by molar-refractivity contribution is 0.0634. The van der Waals surface area contributed by atoms with E-state index in [-0.39, 0.29) is 23.2 Å². The quantitative estimate of drug-likeness (QED) is 0.370. The maximum absolute atomic E-state index is 14.1. The average Bonchev–Trinajstić information content (AvgIpc) is 3.52. The van der Waals surface area contributed by atoms with E-state index in [1.165, 1.54) is 12.1 Å². The van der Waals surface area contributed by atoms with Crippen LogP contribution in [0, 0.1) is 6.92 Å². The van der Waals surface area contributed by atoms with Crippen molar-refractivity contribution in [3.8, 4) is 0 Å². The van der Waals surface area contributed by atoms with Crippen LogP contribution in [0.3, 0.4) is 0 Å². The van der Waals surface area contributed by atoms with Crippen LogP contribution in [0.25, 0.3) is 5.65 Å². The Balaban J connectivity index is 1.42. The lowest BCUT2D eigenvalue weighted by Crippen LogP contribution is -2.39. The number of nitrogens with one attached hydrogen (secondary N) is 1. The molecule has 208 valence electrons. The van der Waals surface area contributed by atoms with Gasteiger partial charge < -0.3 is 15.5 Å².